The van der Waals surface area contributed by atoms with E-state index in [2.05, 4.69) is 47.8 Å². The van der Waals surface area contributed by atoms with Crippen LogP contribution in [0.4, 0.5) is 11.4 Å². The molecule has 2 N–H and O–H groups in total. The summed E-state index contributed by atoms with van der Waals surface area (Å²) in [7, 11) is 0. The number of benzene rings is 4. The van der Waals surface area contributed by atoms with E-state index >= 15 is 0 Å². The van der Waals surface area contributed by atoms with E-state index in [-0.39, 0.29) is 34.2 Å². The number of phenols is 1. The van der Waals surface area contributed by atoms with Gasteiger partial charge in [-0.05, 0) is 51.6 Å². The molecular weight excluding hydrogens is 388 g/mol. The summed E-state index contributed by atoms with van der Waals surface area (Å²) in [5.41, 5.74) is 2.31. The van der Waals surface area contributed by atoms with Gasteiger partial charge in [0.25, 0.3) is 5.69 Å². The van der Waals surface area contributed by atoms with E-state index in [4.69, 9.17) is 0 Å². The van der Waals surface area contributed by atoms with Crippen molar-refractivity contribution in [2.45, 2.75) is 18.4 Å². The highest BCUT2D eigenvalue weighted by Gasteiger charge is 2.43. The Morgan fingerprint density at radius 2 is 1.61 bits per heavy atom. The quantitative estimate of drug-likeness (QED) is 0.132. The molecule has 4 aromatic rings. The maximum atomic E-state index is 11.7. The third-order valence-corrected chi connectivity index (χ3v) is 6.80. The van der Waals surface area contributed by atoms with Gasteiger partial charge >= 0.3 is 0 Å². The van der Waals surface area contributed by atoms with Crippen molar-refractivity contribution in [2.75, 3.05) is 5.32 Å². The molecule has 1 aliphatic carbocycles. The number of nitro groups is 1. The van der Waals surface area contributed by atoms with Gasteiger partial charge in [-0.1, -0.05) is 60.7 Å². The fraction of sp³-hybridized carbons (Fsp3) is 0.154. The second-order valence-corrected chi connectivity index (χ2v) is 8.36. The number of fused-ring (bicyclic) bond motifs is 5. The van der Waals surface area contributed by atoms with E-state index in [9.17, 15) is 15.2 Å². The number of nitrogens with zero attached hydrogens (tertiary/aromatic N) is 1. The van der Waals surface area contributed by atoms with Crippen LogP contribution < -0.4 is 5.32 Å². The standard InChI is InChI=1S/C26H20N2O3/c29-22-13-12-21(28(30)31)24-19-10-5-11-20(19)25(27-26(22)24)23-17-8-3-1-6-15(17)14-16-7-2-4-9-18(16)23/h1-10,12-14,19-20,25,27,29H,11H2. The average molecular weight is 408 g/mol. The lowest BCUT2D eigenvalue weighted by atomic mass is 9.74. The molecule has 0 fully saturated rings. The Hall–Kier alpha value is -3.86. The highest BCUT2D eigenvalue weighted by atomic mass is 16.6. The Balaban J connectivity index is 1.65. The van der Waals surface area contributed by atoms with Gasteiger partial charge < -0.3 is 10.4 Å². The lowest BCUT2D eigenvalue weighted by Crippen LogP contribution is -2.30. The summed E-state index contributed by atoms with van der Waals surface area (Å²) < 4.78 is 0. The molecule has 4 aromatic carbocycles. The maximum Gasteiger partial charge on any atom is 0.275 e. The van der Waals surface area contributed by atoms with Gasteiger partial charge in [-0.15, -0.1) is 0 Å². The summed E-state index contributed by atoms with van der Waals surface area (Å²) in [5, 5.41) is 30.6. The molecule has 0 saturated heterocycles. The van der Waals surface area contributed by atoms with Crippen LogP contribution in [0.2, 0.25) is 0 Å². The summed E-state index contributed by atoms with van der Waals surface area (Å²) in [5.74, 6) is 0.0579. The zero-order valence-corrected chi connectivity index (χ0v) is 16.7. The fourth-order valence-electron chi connectivity index (χ4n) is 5.50. The van der Waals surface area contributed by atoms with Crippen molar-refractivity contribution in [2.24, 2.45) is 5.92 Å². The fourth-order valence-corrected chi connectivity index (χ4v) is 5.50. The molecule has 5 heteroatoms. The van der Waals surface area contributed by atoms with Crippen molar-refractivity contribution in [3.05, 3.63) is 100 Å². The molecule has 0 aromatic heterocycles. The van der Waals surface area contributed by atoms with E-state index in [1.165, 1.54) is 17.7 Å². The van der Waals surface area contributed by atoms with E-state index in [1.54, 1.807) is 0 Å². The van der Waals surface area contributed by atoms with E-state index in [0.717, 1.165) is 28.0 Å². The van der Waals surface area contributed by atoms with Crippen molar-refractivity contribution in [3.8, 4) is 5.75 Å². The molecule has 31 heavy (non-hydrogen) atoms. The summed E-state index contributed by atoms with van der Waals surface area (Å²) in [6.45, 7) is 0. The molecule has 1 aliphatic heterocycles. The number of nitro benzene ring substituents is 1. The minimum atomic E-state index is -0.350. The molecule has 152 valence electrons. The molecule has 0 spiro atoms. The Bertz CT molecular complexity index is 1350. The van der Waals surface area contributed by atoms with Crippen molar-refractivity contribution < 1.29 is 10.0 Å². The Morgan fingerprint density at radius 3 is 2.29 bits per heavy atom. The predicted octanol–water partition coefficient (Wildman–Crippen LogP) is 6.43. The van der Waals surface area contributed by atoms with Crippen LogP contribution >= 0.6 is 0 Å². The molecule has 0 radical (unpaired) electrons. The lowest BCUT2D eigenvalue weighted by molar-refractivity contribution is -0.385. The Kier molecular flexibility index (Phi) is 3.81. The highest BCUT2D eigenvalue weighted by Crippen LogP contribution is 2.56. The van der Waals surface area contributed by atoms with Crippen molar-refractivity contribution in [1.82, 2.24) is 0 Å². The van der Waals surface area contributed by atoms with Crippen LogP contribution in [0.3, 0.4) is 0 Å². The third kappa shape index (κ3) is 2.56. The minimum absolute atomic E-state index is 0.0499. The largest absolute Gasteiger partial charge is 0.506 e. The van der Waals surface area contributed by atoms with Crippen LogP contribution in [-0.4, -0.2) is 10.0 Å². The van der Waals surface area contributed by atoms with Crippen LogP contribution in [-0.2, 0) is 0 Å². The normalized spacial score (nSPS) is 21.6. The van der Waals surface area contributed by atoms with E-state index in [1.807, 2.05) is 24.3 Å². The topological polar surface area (TPSA) is 75.4 Å². The molecule has 3 atom stereocenters. The number of allylic oxidation sites excluding steroid dienone is 2. The first kappa shape index (κ1) is 18.0. The molecule has 2 aliphatic rings. The number of rotatable bonds is 2. The van der Waals surface area contributed by atoms with Crippen molar-refractivity contribution in [3.63, 3.8) is 0 Å². The molecule has 3 unspecified atom stereocenters. The number of hydrogen-bond acceptors (Lipinski definition) is 4. The van der Waals surface area contributed by atoms with Gasteiger partial charge in [0.1, 0.15) is 5.75 Å². The Morgan fingerprint density at radius 1 is 0.935 bits per heavy atom. The van der Waals surface area contributed by atoms with E-state index in [0.29, 0.717) is 11.3 Å². The highest BCUT2D eigenvalue weighted by molar-refractivity contribution is 6.03. The maximum absolute atomic E-state index is 11.7. The van der Waals surface area contributed by atoms with Gasteiger partial charge in [0.2, 0.25) is 0 Å². The van der Waals surface area contributed by atoms with Crippen molar-refractivity contribution in [1.29, 1.82) is 0 Å². The third-order valence-electron chi connectivity index (χ3n) is 6.80. The number of hydrogen-bond donors (Lipinski definition) is 2. The summed E-state index contributed by atoms with van der Waals surface area (Å²) in [4.78, 5) is 11.4. The van der Waals surface area contributed by atoms with E-state index < -0.39 is 0 Å². The average Bonchev–Trinajstić information content (AvgIpc) is 3.27. The Labute approximate surface area is 178 Å². The van der Waals surface area contributed by atoms with Gasteiger partial charge in [-0.25, -0.2) is 0 Å². The van der Waals surface area contributed by atoms with Crippen LogP contribution in [0.25, 0.3) is 21.5 Å². The first-order valence-corrected chi connectivity index (χ1v) is 10.5. The molecule has 0 saturated carbocycles. The molecule has 0 bridgehead atoms. The molecular formula is C26H20N2O3. The van der Waals surface area contributed by atoms with Gasteiger partial charge in [-0.3, -0.25) is 10.1 Å². The first-order chi connectivity index (χ1) is 15.1. The molecule has 1 heterocycles. The second-order valence-electron chi connectivity index (χ2n) is 8.36. The molecule has 0 amide bonds. The smallest absolute Gasteiger partial charge is 0.275 e. The summed E-state index contributed by atoms with van der Waals surface area (Å²) in [6.07, 6.45) is 5.00. The number of phenolic OH excluding ortho intramolecular Hbond substituents is 1. The van der Waals surface area contributed by atoms with Crippen LogP contribution in [0, 0.1) is 16.0 Å². The van der Waals surface area contributed by atoms with Crippen LogP contribution in [0.5, 0.6) is 5.75 Å². The van der Waals surface area contributed by atoms with Gasteiger partial charge in [0.05, 0.1) is 22.2 Å². The first-order valence-electron chi connectivity index (χ1n) is 10.5. The monoisotopic (exact) mass is 408 g/mol. The second kappa shape index (κ2) is 6.57. The predicted molar refractivity (Wildman–Crippen MR) is 123 cm³/mol. The number of anilines is 1. The number of aromatic hydroxyl groups is 1. The van der Waals surface area contributed by atoms with Gasteiger partial charge in [-0.2, -0.15) is 0 Å². The molecule has 6 rings (SSSR count). The summed E-state index contributed by atoms with van der Waals surface area (Å²) >= 11 is 0. The lowest BCUT2D eigenvalue weighted by Gasteiger charge is -2.38. The van der Waals surface area contributed by atoms with Gasteiger partial charge in [0, 0.05) is 12.0 Å². The minimum Gasteiger partial charge on any atom is -0.506 e. The van der Waals surface area contributed by atoms with Crippen LogP contribution in [0.1, 0.15) is 29.5 Å². The zero-order chi connectivity index (χ0) is 21.1. The molecule has 5 nitrogen and oxygen atoms in total. The van der Waals surface area contributed by atoms with Gasteiger partial charge in [0.15, 0.2) is 0 Å². The zero-order valence-electron chi connectivity index (χ0n) is 16.7. The number of nitrogens with one attached hydrogen (secondary N) is 1. The summed E-state index contributed by atoms with van der Waals surface area (Å²) in [6, 6.07) is 21.6. The van der Waals surface area contributed by atoms with Crippen molar-refractivity contribution >= 4 is 32.9 Å². The van der Waals surface area contributed by atoms with Crippen LogP contribution in [0.15, 0.2) is 78.9 Å². The SMILES string of the molecule is O=[N+]([O-])c1ccc(O)c2c1C1C=CCC1C(c1c3ccccc3cc3ccccc13)N2.